The lowest BCUT2D eigenvalue weighted by atomic mass is 10.0. The van der Waals surface area contributed by atoms with Crippen LogP contribution < -0.4 is 0 Å². The van der Waals surface area contributed by atoms with Crippen molar-refractivity contribution in [2.45, 2.75) is 6.92 Å². The third-order valence-electron chi connectivity index (χ3n) is 1.55. The molecule has 1 radical (unpaired) electrons. The topological polar surface area (TPSA) is 20.2 Å². The largest absolute Gasteiger partial charge is 0.395 e. The van der Waals surface area contributed by atoms with Crippen LogP contribution in [0.5, 0.6) is 0 Å². The van der Waals surface area contributed by atoms with Crippen molar-refractivity contribution in [3.05, 3.63) is 40.2 Å². The predicted octanol–water partition coefficient (Wildman–Crippen LogP) is 2.38. The highest BCUT2D eigenvalue weighted by Gasteiger charge is 2.03. The zero-order chi connectivity index (χ0) is 8.27. The quantitative estimate of drug-likeness (QED) is 0.801. The van der Waals surface area contributed by atoms with E-state index in [1.165, 1.54) is 0 Å². The molecule has 2 heteroatoms. The van der Waals surface area contributed by atoms with Crippen LogP contribution in [0.25, 0.3) is 0 Å². The molecule has 0 saturated heterocycles. The molecule has 0 amide bonds. The van der Waals surface area contributed by atoms with Gasteiger partial charge >= 0.3 is 0 Å². The molecule has 59 valence electrons. The van der Waals surface area contributed by atoms with Crippen molar-refractivity contribution in [3.8, 4) is 0 Å². The zero-order valence-electron chi connectivity index (χ0n) is 6.34. The second kappa shape index (κ2) is 3.88. The third kappa shape index (κ3) is 2.31. The van der Waals surface area contributed by atoms with Gasteiger partial charge in [0, 0.05) is 10.4 Å². The summed E-state index contributed by atoms with van der Waals surface area (Å²) < 4.78 is 1.04. The number of halogens is 1. The molecule has 1 aromatic carbocycles. The van der Waals surface area contributed by atoms with Gasteiger partial charge in [-0.25, -0.2) is 0 Å². The standard InChI is InChI=1S/C9H10BrO/c1-7(6-11)8-3-2-4-9(10)5-8/h2-5,11H,6H2,1H3. The molecule has 0 unspecified atom stereocenters. The maximum absolute atomic E-state index is 8.83. The highest BCUT2D eigenvalue weighted by Crippen LogP contribution is 2.17. The van der Waals surface area contributed by atoms with Crippen LogP contribution in [0.2, 0.25) is 0 Å². The number of aliphatic hydroxyl groups is 1. The van der Waals surface area contributed by atoms with Gasteiger partial charge in [-0.15, -0.1) is 0 Å². The lowest BCUT2D eigenvalue weighted by molar-refractivity contribution is 0.315. The maximum atomic E-state index is 8.83. The van der Waals surface area contributed by atoms with Crippen LogP contribution >= 0.6 is 15.9 Å². The van der Waals surface area contributed by atoms with E-state index in [4.69, 9.17) is 5.11 Å². The van der Waals surface area contributed by atoms with Gasteiger partial charge in [0.05, 0.1) is 6.61 Å². The predicted molar refractivity (Wildman–Crippen MR) is 49.2 cm³/mol. The lowest BCUT2D eigenvalue weighted by Crippen LogP contribution is -1.99. The maximum Gasteiger partial charge on any atom is 0.0534 e. The van der Waals surface area contributed by atoms with Crippen LogP contribution in [0.15, 0.2) is 28.7 Å². The monoisotopic (exact) mass is 213 g/mol. The summed E-state index contributed by atoms with van der Waals surface area (Å²) in [6, 6.07) is 7.90. The van der Waals surface area contributed by atoms with Gasteiger partial charge in [0.1, 0.15) is 0 Å². The van der Waals surface area contributed by atoms with Gasteiger partial charge in [0.15, 0.2) is 0 Å². The summed E-state index contributed by atoms with van der Waals surface area (Å²) in [4.78, 5) is 0. The molecule has 0 aromatic heterocycles. The molecule has 0 saturated carbocycles. The second-order valence-electron chi connectivity index (χ2n) is 2.45. The van der Waals surface area contributed by atoms with E-state index >= 15 is 0 Å². The second-order valence-corrected chi connectivity index (χ2v) is 3.36. The minimum atomic E-state index is 0.121. The molecule has 1 nitrogen and oxygen atoms in total. The van der Waals surface area contributed by atoms with Crippen LogP contribution in [0.3, 0.4) is 0 Å². The van der Waals surface area contributed by atoms with Gasteiger partial charge < -0.3 is 5.11 Å². The van der Waals surface area contributed by atoms with Crippen LogP contribution in [0.4, 0.5) is 0 Å². The summed E-state index contributed by atoms with van der Waals surface area (Å²) in [6.45, 7) is 2.04. The Morgan fingerprint density at radius 1 is 1.55 bits per heavy atom. The van der Waals surface area contributed by atoms with E-state index in [0.717, 1.165) is 16.0 Å². The molecule has 0 heterocycles. The molecule has 0 bridgehead atoms. The summed E-state index contributed by atoms with van der Waals surface area (Å²) in [5, 5.41) is 8.83. The normalized spacial score (nSPS) is 10.5. The van der Waals surface area contributed by atoms with Gasteiger partial charge in [0.25, 0.3) is 0 Å². The molecular formula is C9H10BrO. The number of benzene rings is 1. The number of rotatable bonds is 2. The molecule has 0 spiro atoms. The number of hydrogen-bond acceptors (Lipinski definition) is 1. The summed E-state index contributed by atoms with van der Waals surface area (Å²) in [7, 11) is 0. The van der Waals surface area contributed by atoms with Gasteiger partial charge in [-0.05, 0) is 17.7 Å². The van der Waals surface area contributed by atoms with Crippen molar-refractivity contribution in [1.29, 1.82) is 0 Å². The molecular weight excluding hydrogens is 204 g/mol. The molecule has 0 aliphatic heterocycles. The highest BCUT2D eigenvalue weighted by molar-refractivity contribution is 9.10. The SMILES string of the molecule is C[C](CO)c1cccc(Br)c1. The first-order valence-corrected chi connectivity index (χ1v) is 4.22. The highest BCUT2D eigenvalue weighted by atomic mass is 79.9. The Balaban J connectivity index is 2.86. The van der Waals surface area contributed by atoms with Crippen molar-refractivity contribution in [3.63, 3.8) is 0 Å². The van der Waals surface area contributed by atoms with E-state index in [0.29, 0.717) is 0 Å². The van der Waals surface area contributed by atoms with Gasteiger partial charge in [0.2, 0.25) is 0 Å². The first kappa shape index (κ1) is 8.75. The molecule has 0 aliphatic carbocycles. The minimum Gasteiger partial charge on any atom is -0.395 e. The van der Waals surface area contributed by atoms with E-state index in [2.05, 4.69) is 15.9 Å². The lowest BCUT2D eigenvalue weighted by Gasteiger charge is -2.06. The fourth-order valence-corrected chi connectivity index (χ4v) is 1.24. The molecule has 1 aromatic rings. The molecule has 11 heavy (non-hydrogen) atoms. The van der Waals surface area contributed by atoms with E-state index in [1.54, 1.807) is 0 Å². The molecule has 0 atom stereocenters. The Bertz CT molecular complexity index is 235. The summed E-state index contributed by atoms with van der Waals surface area (Å²) in [6.07, 6.45) is 0. The Hall–Kier alpha value is -0.340. The van der Waals surface area contributed by atoms with E-state index in [9.17, 15) is 0 Å². The summed E-state index contributed by atoms with van der Waals surface area (Å²) >= 11 is 3.36. The van der Waals surface area contributed by atoms with E-state index in [-0.39, 0.29) is 6.61 Å². The van der Waals surface area contributed by atoms with Crippen LogP contribution in [-0.2, 0) is 0 Å². The number of hydrogen-bond donors (Lipinski definition) is 1. The first-order chi connectivity index (χ1) is 5.24. The third-order valence-corrected chi connectivity index (χ3v) is 2.05. The van der Waals surface area contributed by atoms with Gasteiger partial charge in [-0.1, -0.05) is 35.0 Å². The molecule has 0 fully saturated rings. The minimum absolute atomic E-state index is 0.121. The summed E-state index contributed by atoms with van der Waals surface area (Å²) in [5.41, 5.74) is 1.09. The molecule has 1 rings (SSSR count). The van der Waals surface area contributed by atoms with Crippen molar-refractivity contribution >= 4 is 15.9 Å². The van der Waals surface area contributed by atoms with Crippen molar-refractivity contribution in [2.24, 2.45) is 0 Å². The fraction of sp³-hybridized carbons (Fsp3) is 0.222. The average Bonchev–Trinajstić information content (AvgIpc) is 2.03. The zero-order valence-corrected chi connectivity index (χ0v) is 7.93. The van der Waals surface area contributed by atoms with E-state index < -0.39 is 0 Å². The average molecular weight is 214 g/mol. The van der Waals surface area contributed by atoms with Crippen LogP contribution in [0, 0.1) is 5.92 Å². The van der Waals surface area contributed by atoms with Crippen molar-refractivity contribution in [1.82, 2.24) is 0 Å². The van der Waals surface area contributed by atoms with Crippen LogP contribution in [-0.4, -0.2) is 11.7 Å². The Morgan fingerprint density at radius 2 is 2.27 bits per heavy atom. The Morgan fingerprint density at radius 3 is 2.82 bits per heavy atom. The summed E-state index contributed by atoms with van der Waals surface area (Å²) in [5.74, 6) is 0.992. The Kier molecular flexibility index (Phi) is 3.09. The smallest absolute Gasteiger partial charge is 0.0534 e. The van der Waals surface area contributed by atoms with Gasteiger partial charge in [-0.3, -0.25) is 0 Å². The van der Waals surface area contributed by atoms with Gasteiger partial charge in [-0.2, -0.15) is 0 Å². The number of aliphatic hydroxyl groups excluding tert-OH is 1. The van der Waals surface area contributed by atoms with Crippen molar-refractivity contribution in [2.75, 3.05) is 6.61 Å². The van der Waals surface area contributed by atoms with E-state index in [1.807, 2.05) is 31.2 Å². The molecule has 1 N–H and O–H groups in total. The first-order valence-electron chi connectivity index (χ1n) is 3.43. The Labute approximate surface area is 75.2 Å². The van der Waals surface area contributed by atoms with Crippen molar-refractivity contribution < 1.29 is 5.11 Å². The fourth-order valence-electron chi connectivity index (χ4n) is 0.845. The molecule has 0 aliphatic rings. The van der Waals surface area contributed by atoms with Crippen LogP contribution in [0.1, 0.15) is 12.5 Å².